The van der Waals surface area contributed by atoms with Crippen molar-refractivity contribution in [1.82, 2.24) is 4.98 Å². The van der Waals surface area contributed by atoms with Crippen LogP contribution in [0.3, 0.4) is 0 Å². The predicted molar refractivity (Wildman–Crippen MR) is 83.5 cm³/mol. The van der Waals surface area contributed by atoms with Gasteiger partial charge in [-0.15, -0.1) is 0 Å². The average molecular weight is 418 g/mol. The van der Waals surface area contributed by atoms with Gasteiger partial charge in [0, 0.05) is 31.8 Å². The first-order chi connectivity index (χ1) is 8.58. The minimum atomic E-state index is -0.270. The largest absolute Gasteiger partial charge is 0.398 e. The average Bonchev–Trinajstić information content (AvgIpc) is 2.34. The summed E-state index contributed by atoms with van der Waals surface area (Å²) in [5.41, 5.74) is 7.20. The molecule has 3 N–H and O–H groups in total. The fourth-order valence-electron chi connectivity index (χ4n) is 1.37. The van der Waals surface area contributed by atoms with Crippen molar-refractivity contribution in [2.24, 2.45) is 0 Å². The maximum Gasteiger partial charge on any atom is 0.259 e. The van der Waals surface area contributed by atoms with Crippen LogP contribution in [0, 0.1) is 3.57 Å². The Hall–Kier alpha value is -1.15. The molecule has 0 aliphatic rings. The van der Waals surface area contributed by atoms with Gasteiger partial charge in [0.2, 0.25) is 0 Å². The van der Waals surface area contributed by atoms with E-state index >= 15 is 0 Å². The highest BCUT2D eigenvalue weighted by Gasteiger charge is 2.10. The Bertz CT molecular complexity index is 604. The molecule has 0 unspecified atom stereocenters. The van der Waals surface area contributed by atoms with Gasteiger partial charge in [-0.1, -0.05) is 0 Å². The summed E-state index contributed by atoms with van der Waals surface area (Å²) in [5, 5.41) is 2.77. The third-order valence-corrected chi connectivity index (χ3v) is 4.61. The second-order valence-electron chi connectivity index (χ2n) is 3.55. The monoisotopic (exact) mass is 417 g/mol. The van der Waals surface area contributed by atoms with Gasteiger partial charge in [-0.25, -0.2) is 0 Å². The summed E-state index contributed by atoms with van der Waals surface area (Å²) in [7, 11) is 0. The number of hydrogen-bond acceptors (Lipinski definition) is 3. The second-order valence-corrected chi connectivity index (χ2v) is 5.56. The van der Waals surface area contributed by atoms with Crippen molar-refractivity contribution < 1.29 is 4.79 Å². The maximum atomic E-state index is 12.0. The molecular formula is C12H9BrIN3O. The molecule has 2 aromatic rings. The van der Waals surface area contributed by atoms with Gasteiger partial charge >= 0.3 is 0 Å². The molecule has 0 saturated heterocycles. The lowest BCUT2D eigenvalue weighted by Crippen LogP contribution is -2.14. The van der Waals surface area contributed by atoms with Crippen molar-refractivity contribution in [3.63, 3.8) is 0 Å². The molecule has 0 radical (unpaired) electrons. The molecule has 2 rings (SSSR count). The molecule has 0 saturated carbocycles. The number of nitrogens with two attached hydrogens (primary N) is 1. The summed E-state index contributed by atoms with van der Waals surface area (Å²) >= 11 is 5.61. The van der Waals surface area contributed by atoms with Crippen molar-refractivity contribution in [3.05, 3.63) is 50.3 Å². The Morgan fingerprint density at radius 2 is 2.17 bits per heavy atom. The van der Waals surface area contributed by atoms with Crippen LogP contribution in [0.5, 0.6) is 0 Å². The Morgan fingerprint density at radius 3 is 2.83 bits per heavy atom. The summed E-state index contributed by atoms with van der Waals surface area (Å²) in [4.78, 5) is 15.9. The van der Waals surface area contributed by atoms with Crippen molar-refractivity contribution >= 4 is 55.8 Å². The molecule has 0 spiro atoms. The number of nitrogens with zero attached hydrogens (tertiary/aromatic N) is 1. The summed E-state index contributed by atoms with van der Waals surface area (Å²) in [6.45, 7) is 0. The van der Waals surface area contributed by atoms with Crippen LogP contribution in [0.2, 0.25) is 0 Å². The van der Waals surface area contributed by atoms with Gasteiger partial charge in [-0.05, 0) is 62.8 Å². The zero-order valence-corrected chi connectivity index (χ0v) is 12.9. The van der Waals surface area contributed by atoms with E-state index in [4.69, 9.17) is 5.73 Å². The Labute approximate surface area is 126 Å². The predicted octanol–water partition coefficient (Wildman–Crippen LogP) is 3.28. The van der Waals surface area contributed by atoms with Crippen LogP contribution in [0.1, 0.15) is 10.4 Å². The zero-order chi connectivity index (χ0) is 13.1. The highest BCUT2D eigenvalue weighted by atomic mass is 127. The first kappa shape index (κ1) is 13.3. The number of rotatable bonds is 2. The van der Waals surface area contributed by atoms with Gasteiger partial charge in [0.05, 0.1) is 5.56 Å². The van der Waals surface area contributed by atoms with E-state index in [1.165, 1.54) is 6.20 Å². The van der Waals surface area contributed by atoms with E-state index < -0.39 is 0 Å². The lowest BCUT2D eigenvalue weighted by atomic mass is 10.2. The molecule has 0 fully saturated rings. The second kappa shape index (κ2) is 5.66. The van der Waals surface area contributed by atoms with Crippen molar-refractivity contribution in [3.8, 4) is 0 Å². The molecule has 0 aliphatic carbocycles. The molecular weight excluding hydrogens is 409 g/mol. The molecule has 1 aromatic heterocycles. The minimum absolute atomic E-state index is 0.270. The summed E-state index contributed by atoms with van der Waals surface area (Å²) in [6, 6.07) is 7.18. The summed E-state index contributed by atoms with van der Waals surface area (Å²) in [6.07, 6.45) is 3.00. The third kappa shape index (κ3) is 2.99. The van der Waals surface area contributed by atoms with Gasteiger partial charge in [0.15, 0.2) is 0 Å². The van der Waals surface area contributed by atoms with Crippen LogP contribution in [-0.2, 0) is 0 Å². The fourth-order valence-corrected chi connectivity index (χ4v) is 2.08. The van der Waals surface area contributed by atoms with E-state index in [0.717, 1.165) is 8.04 Å². The van der Waals surface area contributed by atoms with E-state index in [9.17, 15) is 4.79 Å². The highest BCUT2D eigenvalue weighted by Crippen LogP contribution is 2.23. The van der Waals surface area contributed by atoms with Crippen molar-refractivity contribution in [2.75, 3.05) is 11.1 Å². The van der Waals surface area contributed by atoms with Gasteiger partial charge < -0.3 is 11.1 Å². The maximum absolute atomic E-state index is 12.0. The Kier molecular flexibility index (Phi) is 4.18. The molecule has 1 aromatic carbocycles. The van der Waals surface area contributed by atoms with Crippen molar-refractivity contribution in [2.45, 2.75) is 0 Å². The lowest BCUT2D eigenvalue weighted by Gasteiger charge is -2.07. The van der Waals surface area contributed by atoms with Crippen LogP contribution in [0.15, 0.2) is 41.1 Å². The number of nitrogen functional groups attached to an aromatic ring is 1. The first-order valence-electron chi connectivity index (χ1n) is 5.04. The molecule has 0 atom stereocenters. The number of carbonyl (C=O) groups excluding carboxylic acids is 1. The van der Waals surface area contributed by atoms with Crippen molar-refractivity contribution in [1.29, 1.82) is 0 Å². The number of nitrogens with one attached hydrogen (secondary N) is 1. The molecule has 0 aliphatic heterocycles. The normalized spacial score (nSPS) is 10.1. The van der Waals surface area contributed by atoms with Crippen LogP contribution in [-0.4, -0.2) is 10.9 Å². The zero-order valence-electron chi connectivity index (χ0n) is 9.15. The standard InChI is InChI=1S/C12H9BrIN3O/c13-9-5-7(1-2-10(9)14)17-12(18)8-6-16-4-3-11(8)15/h1-6H,(H2,15,16)(H,17,18). The van der Waals surface area contributed by atoms with E-state index in [0.29, 0.717) is 16.9 Å². The Morgan fingerprint density at radius 1 is 1.39 bits per heavy atom. The molecule has 1 heterocycles. The van der Waals surface area contributed by atoms with E-state index in [1.807, 2.05) is 18.2 Å². The molecule has 18 heavy (non-hydrogen) atoms. The molecule has 92 valence electrons. The number of amides is 1. The van der Waals surface area contributed by atoms with E-state index in [2.05, 4.69) is 48.8 Å². The van der Waals surface area contributed by atoms with E-state index in [1.54, 1.807) is 12.3 Å². The van der Waals surface area contributed by atoms with Gasteiger partial charge in [0.25, 0.3) is 5.91 Å². The smallest absolute Gasteiger partial charge is 0.259 e. The number of aromatic nitrogens is 1. The lowest BCUT2D eigenvalue weighted by molar-refractivity contribution is 0.102. The quantitative estimate of drug-likeness (QED) is 0.736. The molecule has 0 bridgehead atoms. The SMILES string of the molecule is Nc1ccncc1C(=O)Nc1ccc(I)c(Br)c1. The van der Waals surface area contributed by atoms with Crippen LogP contribution < -0.4 is 11.1 Å². The van der Waals surface area contributed by atoms with Gasteiger partial charge in [-0.2, -0.15) is 0 Å². The first-order valence-corrected chi connectivity index (χ1v) is 6.91. The fraction of sp³-hybridized carbons (Fsp3) is 0. The number of carbonyl (C=O) groups is 1. The number of hydrogen-bond donors (Lipinski definition) is 2. The minimum Gasteiger partial charge on any atom is -0.398 e. The van der Waals surface area contributed by atoms with Crippen LogP contribution in [0.25, 0.3) is 0 Å². The number of benzene rings is 1. The highest BCUT2D eigenvalue weighted by molar-refractivity contribution is 14.1. The molecule has 6 heteroatoms. The summed E-state index contributed by atoms with van der Waals surface area (Å²) in [5.74, 6) is -0.270. The summed E-state index contributed by atoms with van der Waals surface area (Å²) < 4.78 is 2.01. The number of halogens is 2. The molecule has 4 nitrogen and oxygen atoms in total. The Balaban J connectivity index is 2.22. The van der Waals surface area contributed by atoms with Crippen LogP contribution in [0.4, 0.5) is 11.4 Å². The van der Waals surface area contributed by atoms with E-state index in [-0.39, 0.29) is 5.91 Å². The third-order valence-electron chi connectivity index (χ3n) is 2.28. The van der Waals surface area contributed by atoms with Gasteiger partial charge in [0.1, 0.15) is 0 Å². The number of pyridine rings is 1. The van der Waals surface area contributed by atoms with Crippen LogP contribution >= 0.6 is 38.5 Å². The number of anilines is 2. The van der Waals surface area contributed by atoms with Gasteiger partial charge in [-0.3, -0.25) is 9.78 Å². The topological polar surface area (TPSA) is 68.0 Å². The molecule has 1 amide bonds.